The molecule has 1 unspecified atom stereocenters. The summed E-state index contributed by atoms with van der Waals surface area (Å²) in [6.45, 7) is 0. The fourth-order valence-corrected chi connectivity index (χ4v) is 9.91. The van der Waals surface area contributed by atoms with Gasteiger partial charge in [0.2, 0.25) is 5.89 Å². The van der Waals surface area contributed by atoms with Crippen LogP contribution in [0, 0.1) is 0 Å². The highest BCUT2D eigenvalue weighted by molar-refractivity contribution is 6.05. The highest BCUT2D eigenvalue weighted by Gasteiger charge is 2.26. The second-order valence-corrected chi connectivity index (χ2v) is 17.3. The fourth-order valence-electron chi connectivity index (χ4n) is 9.91. The molecule has 0 amide bonds. The van der Waals surface area contributed by atoms with Gasteiger partial charge < -0.3 is 9.32 Å². The van der Waals surface area contributed by atoms with Crippen molar-refractivity contribution in [2.24, 2.45) is 0 Å². The SMILES string of the molecule is C1=CC(c2ccc(-c3ccc(N(c4ccccc4-c4ccccc4)C4C=Cc5c(cccc5-c5ccc6c(ccc7nc(-c8ccc(-c9ccccc9)cc8)oc76)c5)C4)cc3)cc2)=CCC1. The van der Waals surface area contributed by atoms with E-state index in [2.05, 4.69) is 235 Å². The molecular weight excluding hydrogens is 801 g/mol. The van der Waals surface area contributed by atoms with Crippen molar-refractivity contribution in [2.75, 3.05) is 4.90 Å². The zero-order valence-electron chi connectivity index (χ0n) is 36.5. The van der Waals surface area contributed by atoms with Crippen molar-refractivity contribution in [2.45, 2.75) is 25.3 Å². The van der Waals surface area contributed by atoms with Crippen LogP contribution in [0.3, 0.4) is 0 Å². The number of benzene rings is 9. The molecule has 0 aliphatic heterocycles. The van der Waals surface area contributed by atoms with Crippen LogP contribution in [0.15, 0.2) is 235 Å². The molecule has 314 valence electrons. The van der Waals surface area contributed by atoms with Crippen LogP contribution in [0.4, 0.5) is 11.4 Å². The number of rotatable bonds is 9. The maximum atomic E-state index is 6.52. The summed E-state index contributed by atoms with van der Waals surface area (Å²) >= 11 is 0. The van der Waals surface area contributed by atoms with Crippen molar-refractivity contribution in [1.29, 1.82) is 0 Å². The van der Waals surface area contributed by atoms with E-state index in [1.807, 2.05) is 6.07 Å². The number of aromatic nitrogens is 1. The lowest BCUT2D eigenvalue weighted by atomic mass is 9.86. The Labute approximate surface area is 386 Å². The lowest BCUT2D eigenvalue weighted by Gasteiger charge is -2.36. The summed E-state index contributed by atoms with van der Waals surface area (Å²) in [5.41, 5.74) is 19.7. The van der Waals surface area contributed by atoms with Gasteiger partial charge in [0, 0.05) is 27.9 Å². The van der Waals surface area contributed by atoms with E-state index in [9.17, 15) is 0 Å². The number of anilines is 2. The Morgan fingerprint density at radius 2 is 1.12 bits per heavy atom. The lowest BCUT2D eigenvalue weighted by molar-refractivity contribution is 0.623. The van der Waals surface area contributed by atoms with E-state index in [4.69, 9.17) is 9.40 Å². The molecule has 0 N–H and O–H groups in total. The average Bonchev–Trinajstić information content (AvgIpc) is 3.85. The number of allylic oxidation sites excluding steroid dienone is 4. The first-order valence-electron chi connectivity index (χ1n) is 23.0. The number of nitrogens with zero attached hydrogens (tertiary/aromatic N) is 2. The molecule has 1 heterocycles. The average molecular weight is 847 g/mol. The summed E-state index contributed by atoms with van der Waals surface area (Å²) in [7, 11) is 0. The fraction of sp³-hybridized carbons (Fsp3) is 0.0635. The van der Waals surface area contributed by atoms with Gasteiger partial charge in [-0.05, 0) is 134 Å². The maximum absolute atomic E-state index is 6.52. The van der Waals surface area contributed by atoms with E-state index in [0.29, 0.717) is 5.89 Å². The maximum Gasteiger partial charge on any atom is 0.227 e. The standard InChI is InChI=1S/C63H46N2O/c1-4-13-43(14-5-1)45-23-25-47(26-24-45)48-31-35-54(36-32-48)65(61-22-11-10-20-58(61)49-17-8-3-9-18-49)55-37-39-57-51(42-55)19-12-21-56(57)52-33-38-59-53(41-52)34-40-60-62(59)66-63(64-60)50-29-27-46(28-30-50)44-15-6-2-7-16-44/h2-4,6-41,55H,1,5,42H2. The third-order valence-electron chi connectivity index (χ3n) is 13.3. The predicted octanol–water partition coefficient (Wildman–Crippen LogP) is 16.8. The van der Waals surface area contributed by atoms with E-state index >= 15 is 0 Å². The van der Waals surface area contributed by atoms with Gasteiger partial charge in [-0.1, -0.05) is 188 Å². The van der Waals surface area contributed by atoms with Gasteiger partial charge >= 0.3 is 0 Å². The Balaban J connectivity index is 0.862. The van der Waals surface area contributed by atoms with E-state index in [-0.39, 0.29) is 6.04 Å². The molecule has 9 aromatic carbocycles. The largest absolute Gasteiger partial charge is 0.435 e. The molecule has 0 spiro atoms. The van der Waals surface area contributed by atoms with Gasteiger partial charge in [-0.25, -0.2) is 4.98 Å². The molecule has 1 atom stereocenters. The van der Waals surface area contributed by atoms with Gasteiger partial charge in [-0.3, -0.25) is 0 Å². The van der Waals surface area contributed by atoms with Gasteiger partial charge in [0.05, 0.1) is 6.04 Å². The Morgan fingerprint density at radius 3 is 1.86 bits per heavy atom. The Morgan fingerprint density at radius 1 is 0.485 bits per heavy atom. The van der Waals surface area contributed by atoms with Crippen LogP contribution >= 0.6 is 0 Å². The Hall–Kier alpha value is -8.27. The summed E-state index contributed by atoms with van der Waals surface area (Å²) < 4.78 is 6.52. The summed E-state index contributed by atoms with van der Waals surface area (Å²) in [4.78, 5) is 7.45. The molecule has 0 saturated heterocycles. The van der Waals surface area contributed by atoms with Gasteiger partial charge in [-0.2, -0.15) is 0 Å². The second kappa shape index (κ2) is 17.0. The van der Waals surface area contributed by atoms with Crippen LogP contribution in [-0.2, 0) is 6.42 Å². The molecular formula is C63H46N2O. The monoisotopic (exact) mass is 846 g/mol. The van der Waals surface area contributed by atoms with Crippen molar-refractivity contribution in [3.63, 3.8) is 0 Å². The predicted molar refractivity (Wildman–Crippen MR) is 277 cm³/mol. The number of para-hydroxylation sites is 1. The molecule has 12 rings (SSSR count). The van der Waals surface area contributed by atoms with Gasteiger partial charge in [0.1, 0.15) is 5.52 Å². The van der Waals surface area contributed by atoms with Crippen LogP contribution in [0.25, 0.3) is 89.5 Å². The van der Waals surface area contributed by atoms with Crippen molar-refractivity contribution in [3.8, 4) is 56.0 Å². The Bertz CT molecular complexity index is 3470. The molecule has 2 aliphatic rings. The van der Waals surface area contributed by atoms with Crippen LogP contribution in [0.1, 0.15) is 29.5 Å². The minimum Gasteiger partial charge on any atom is -0.435 e. The van der Waals surface area contributed by atoms with Crippen LogP contribution in [0.5, 0.6) is 0 Å². The van der Waals surface area contributed by atoms with Crippen molar-refractivity contribution < 1.29 is 4.42 Å². The van der Waals surface area contributed by atoms with Crippen molar-refractivity contribution in [3.05, 3.63) is 247 Å². The summed E-state index contributed by atoms with van der Waals surface area (Å²) in [5, 5.41) is 2.18. The summed E-state index contributed by atoms with van der Waals surface area (Å²) in [6, 6.07) is 74.4. The summed E-state index contributed by atoms with van der Waals surface area (Å²) in [6.07, 6.45) is 14.7. The zero-order valence-corrected chi connectivity index (χ0v) is 36.5. The number of hydrogen-bond donors (Lipinski definition) is 0. The molecule has 3 nitrogen and oxygen atoms in total. The van der Waals surface area contributed by atoms with E-state index in [0.717, 1.165) is 52.4 Å². The molecule has 0 radical (unpaired) electrons. The first-order valence-corrected chi connectivity index (χ1v) is 23.0. The summed E-state index contributed by atoms with van der Waals surface area (Å²) in [5.74, 6) is 0.630. The Kier molecular flexibility index (Phi) is 10.1. The normalized spacial score (nSPS) is 14.3. The van der Waals surface area contributed by atoms with E-state index < -0.39 is 0 Å². The lowest BCUT2D eigenvalue weighted by Crippen LogP contribution is -2.33. The molecule has 0 bridgehead atoms. The molecule has 0 fully saturated rings. The zero-order chi connectivity index (χ0) is 43.8. The third-order valence-corrected chi connectivity index (χ3v) is 13.3. The molecule has 0 saturated carbocycles. The number of hydrogen-bond acceptors (Lipinski definition) is 3. The highest BCUT2D eigenvalue weighted by Crippen LogP contribution is 2.42. The molecule has 3 heteroatoms. The van der Waals surface area contributed by atoms with Crippen molar-refractivity contribution in [1.82, 2.24) is 4.98 Å². The molecule has 66 heavy (non-hydrogen) atoms. The van der Waals surface area contributed by atoms with Gasteiger partial charge in [0.25, 0.3) is 0 Å². The van der Waals surface area contributed by atoms with Gasteiger partial charge in [-0.15, -0.1) is 0 Å². The molecule has 2 aliphatic carbocycles. The first-order chi connectivity index (χ1) is 32.7. The van der Waals surface area contributed by atoms with Crippen LogP contribution in [0.2, 0.25) is 0 Å². The first kappa shape index (κ1) is 39.3. The van der Waals surface area contributed by atoms with E-state index in [1.54, 1.807) is 0 Å². The number of oxazole rings is 1. The quantitative estimate of drug-likeness (QED) is 0.145. The highest BCUT2D eigenvalue weighted by atomic mass is 16.3. The number of fused-ring (bicyclic) bond motifs is 4. The third kappa shape index (κ3) is 7.45. The van der Waals surface area contributed by atoms with Crippen LogP contribution < -0.4 is 4.90 Å². The van der Waals surface area contributed by atoms with Gasteiger partial charge in [0.15, 0.2) is 5.58 Å². The minimum absolute atomic E-state index is 0.0830. The minimum atomic E-state index is 0.0830. The topological polar surface area (TPSA) is 29.3 Å². The van der Waals surface area contributed by atoms with Crippen LogP contribution in [-0.4, -0.2) is 11.0 Å². The second-order valence-electron chi connectivity index (χ2n) is 17.3. The van der Waals surface area contributed by atoms with E-state index in [1.165, 1.54) is 72.5 Å². The molecule has 10 aromatic rings. The smallest absolute Gasteiger partial charge is 0.227 e. The molecule has 1 aromatic heterocycles. The van der Waals surface area contributed by atoms with Crippen molar-refractivity contribution >= 4 is 44.9 Å².